The monoisotopic (exact) mass is 341 g/mol. The standard InChI is InChI=1S/C9H12INSe/c1-11(2)7-8-5-3-4-6-9(8)12-10/h3-6H,7H2,1-2H3. The predicted molar refractivity (Wildman–Crippen MR) is 63.2 cm³/mol. The second kappa shape index (κ2) is 5.22. The summed E-state index contributed by atoms with van der Waals surface area (Å²) in [4.78, 5) is 2.21. The fraction of sp³-hybridized carbons (Fsp3) is 0.333. The summed E-state index contributed by atoms with van der Waals surface area (Å²) in [7, 11) is 4.22. The first-order chi connectivity index (χ1) is 5.74. The van der Waals surface area contributed by atoms with Crippen LogP contribution in [0.5, 0.6) is 0 Å². The Morgan fingerprint density at radius 1 is 1.33 bits per heavy atom. The van der Waals surface area contributed by atoms with Gasteiger partial charge in [0.15, 0.2) is 0 Å². The van der Waals surface area contributed by atoms with Gasteiger partial charge in [-0.3, -0.25) is 0 Å². The average Bonchev–Trinajstić information content (AvgIpc) is 2.04. The quantitative estimate of drug-likeness (QED) is 0.595. The zero-order valence-electron chi connectivity index (χ0n) is 7.25. The molecule has 0 atom stereocenters. The first kappa shape index (κ1) is 10.5. The van der Waals surface area contributed by atoms with E-state index in [1.165, 1.54) is 10.0 Å². The van der Waals surface area contributed by atoms with E-state index in [1.807, 2.05) is 0 Å². The Balaban J connectivity index is 2.82. The molecule has 0 amide bonds. The van der Waals surface area contributed by atoms with Crippen molar-refractivity contribution in [3.63, 3.8) is 0 Å². The molecule has 0 aliphatic carbocycles. The van der Waals surface area contributed by atoms with E-state index in [-0.39, 0.29) is 0 Å². The SMILES string of the molecule is CN(C)Cc1ccccc1[Se]I. The van der Waals surface area contributed by atoms with Crippen molar-refractivity contribution in [3.05, 3.63) is 29.8 Å². The summed E-state index contributed by atoms with van der Waals surface area (Å²) in [6, 6.07) is 8.68. The van der Waals surface area contributed by atoms with Crippen molar-refractivity contribution >= 4 is 36.5 Å². The van der Waals surface area contributed by atoms with Crippen LogP contribution >= 0.6 is 20.3 Å². The summed E-state index contributed by atoms with van der Waals surface area (Å²) < 4.78 is 1.51. The average molecular weight is 340 g/mol. The van der Waals surface area contributed by atoms with Gasteiger partial charge in [0.25, 0.3) is 0 Å². The molecule has 0 radical (unpaired) electrons. The molecule has 0 unspecified atom stereocenters. The van der Waals surface area contributed by atoms with Gasteiger partial charge in [0.1, 0.15) is 0 Å². The van der Waals surface area contributed by atoms with E-state index in [1.54, 1.807) is 0 Å². The summed E-state index contributed by atoms with van der Waals surface area (Å²) >= 11 is 3.06. The van der Waals surface area contributed by atoms with Crippen LogP contribution in [0.4, 0.5) is 0 Å². The molecule has 0 fully saturated rings. The molecule has 0 aromatic heterocycles. The third-order valence-electron chi connectivity index (χ3n) is 1.54. The van der Waals surface area contributed by atoms with Crippen LogP contribution in [0.3, 0.4) is 0 Å². The van der Waals surface area contributed by atoms with Crippen LogP contribution in [0, 0.1) is 0 Å². The van der Waals surface area contributed by atoms with E-state index in [4.69, 9.17) is 0 Å². The van der Waals surface area contributed by atoms with Gasteiger partial charge in [-0.15, -0.1) is 0 Å². The molecule has 0 bridgehead atoms. The molecular weight excluding hydrogens is 328 g/mol. The molecular formula is C9H12INSe. The van der Waals surface area contributed by atoms with Crippen molar-refractivity contribution in [1.29, 1.82) is 0 Å². The maximum absolute atomic E-state index is 2.47. The second-order valence-corrected chi connectivity index (χ2v) is 6.46. The zero-order valence-corrected chi connectivity index (χ0v) is 11.1. The van der Waals surface area contributed by atoms with Gasteiger partial charge in [-0.25, -0.2) is 0 Å². The van der Waals surface area contributed by atoms with Crippen molar-refractivity contribution in [3.8, 4) is 0 Å². The third-order valence-corrected chi connectivity index (χ3v) is 5.19. The fourth-order valence-electron chi connectivity index (χ4n) is 1.05. The van der Waals surface area contributed by atoms with Gasteiger partial charge in [-0.05, 0) is 0 Å². The molecule has 0 spiro atoms. The number of halogens is 1. The Labute approximate surface area is 91.4 Å². The van der Waals surface area contributed by atoms with Crippen LogP contribution in [-0.4, -0.2) is 30.7 Å². The van der Waals surface area contributed by atoms with Crippen LogP contribution in [0.15, 0.2) is 24.3 Å². The van der Waals surface area contributed by atoms with Gasteiger partial charge >= 0.3 is 91.9 Å². The Kier molecular flexibility index (Phi) is 4.57. The van der Waals surface area contributed by atoms with E-state index in [0.717, 1.165) is 6.54 Å². The van der Waals surface area contributed by atoms with Gasteiger partial charge in [-0.1, -0.05) is 0 Å². The molecule has 1 aromatic rings. The summed E-state index contributed by atoms with van der Waals surface area (Å²) in [6.07, 6.45) is 0. The molecule has 1 aromatic carbocycles. The summed E-state index contributed by atoms with van der Waals surface area (Å²) in [5.74, 6) is 0. The van der Waals surface area contributed by atoms with E-state index < -0.39 is 0 Å². The number of hydrogen-bond acceptors (Lipinski definition) is 1. The first-order valence-corrected chi connectivity index (χ1v) is 9.83. The number of benzene rings is 1. The van der Waals surface area contributed by atoms with Crippen LogP contribution in [0.2, 0.25) is 0 Å². The number of nitrogens with zero attached hydrogens (tertiary/aromatic N) is 1. The minimum absolute atomic E-state index is 0.588. The molecule has 1 nitrogen and oxygen atoms in total. The number of hydrogen-bond donors (Lipinski definition) is 0. The molecule has 1 rings (SSSR count). The zero-order chi connectivity index (χ0) is 8.97. The molecule has 0 heterocycles. The second-order valence-electron chi connectivity index (χ2n) is 2.92. The third kappa shape index (κ3) is 3.05. The molecule has 0 aliphatic heterocycles. The summed E-state index contributed by atoms with van der Waals surface area (Å²) in [6.45, 7) is 1.06. The van der Waals surface area contributed by atoms with Crippen molar-refractivity contribution in [1.82, 2.24) is 4.90 Å². The summed E-state index contributed by atoms with van der Waals surface area (Å²) in [5, 5.41) is 0. The molecule has 0 N–H and O–H groups in total. The van der Waals surface area contributed by atoms with Crippen LogP contribution < -0.4 is 4.46 Å². The van der Waals surface area contributed by atoms with Crippen LogP contribution in [0.1, 0.15) is 5.56 Å². The first-order valence-electron chi connectivity index (χ1n) is 3.75. The Bertz CT molecular complexity index is 250. The molecule has 0 saturated heterocycles. The van der Waals surface area contributed by atoms with Crippen molar-refractivity contribution < 1.29 is 0 Å². The predicted octanol–water partition coefficient (Wildman–Crippen LogP) is 1.43. The van der Waals surface area contributed by atoms with Gasteiger partial charge in [-0.2, -0.15) is 0 Å². The van der Waals surface area contributed by atoms with Gasteiger partial charge < -0.3 is 0 Å². The van der Waals surface area contributed by atoms with E-state index >= 15 is 0 Å². The molecule has 0 aliphatic rings. The van der Waals surface area contributed by atoms with Crippen LogP contribution in [-0.2, 0) is 6.54 Å². The minimum atomic E-state index is 0.588. The van der Waals surface area contributed by atoms with Gasteiger partial charge in [0, 0.05) is 0 Å². The Hall–Kier alpha value is 0.429. The molecule has 12 heavy (non-hydrogen) atoms. The molecule has 0 saturated carbocycles. The van der Waals surface area contributed by atoms with Gasteiger partial charge in [0.2, 0.25) is 0 Å². The van der Waals surface area contributed by atoms with Crippen molar-refractivity contribution in [2.45, 2.75) is 6.54 Å². The van der Waals surface area contributed by atoms with Crippen molar-refractivity contribution in [2.24, 2.45) is 0 Å². The number of rotatable bonds is 3. The normalized spacial score (nSPS) is 10.7. The molecule has 66 valence electrons. The van der Waals surface area contributed by atoms with Gasteiger partial charge in [0.05, 0.1) is 0 Å². The summed E-state index contributed by atoms with van der Waals surface area (Å²) in [5.41, 5.74) is 1.47. The van der Waals surface area contributed by atoms with E-state index in [2.05, 4.69) is 63.6 Å². The van der Waals surface area contributed by atoms with E-state index in [0.29, 0.717) is 11.7 Å². The Morgan fingerprint density at radius 3 is 2.58 bits per heavy atom. The van der Waals surface area contributed by atoms with Crippen molar-refractivity contribution in [2.75, 3.05) is 14.1 Å². The van der Waals surface area contributed by atoms with E-state index in [9.17, 15) is 0 Å². The van der Waals surface area contributed by atoms with Crippen LogP contribution in [0.25, 0.3) is 0 Å². The Morgan fingerprint density at radius 2 is 2.00 bits per heavy atom. The molecule has 3 heteroatoms. The topological polar surface area (TPSA) is 3.24 Å². The fourth-order valence-corrected chi connectivity index (χ4v) is 4.04. The maximum atomic E-state index is 2.47.